The summed E-state index contributed by atoms with van der Waals surface area (Å²) in [6, 6.07) is 2.22. The molecule has 1 fully saturated rings. The second-order valence-electron chi connectivity index (χ2n) is 6.84. The van der Waals surface area contributed by atoms with E-state index in [1.54, 1.807) is 0 Å². The Morgan fingerprint density at radius 1 is 1.16 bits per heavy atom. The quantitative estimate of drug-likeness (QED) is 0.808. The molecule has 1 aliphatic carbocycles. The molecule has 0 aromatic carbocycles. The van der Waals surface area contributed by atoms with Crippen molar-refractivity contribution in [3.8, 4) is 6.07 Å². The van der Waals surface area contributed by atoms with E-state index < -0.39 is 15.6 Å². The molecule has 0 atom stereocenters. The lowest BCUT2D eigenvalue weighted by atomic mass is 9.93. The van der Waals surface area contributed by atoms with E-state index in [1.165, 1.54) is 0 Å². The normalized spacial score (nSPS) is 20.5. The van der Waals surface area contributed by atoms with Crippen molar-refractivity contribution in [3.63, 3.8) is 0 Å². The first kappa shape index (κ1) is 16.5. The molecule has 0 bridgehead atoms. The van der Waals surface area contributed by atoms with Crippen molar-refractivity contribution >= 4 is 10.0 Å². The van der Waals surface area contributed by atoms with Crippen molar-refractivity contribution in [2.45, 2.75) is 71.3 Å². The maximum absolute atomic E-state index is 12.2. The Morgan fingerprint density at radius 3 is 2.11 bits per heavy atom. The molecule has 110 valence electrons. The van der Waals surface area contributed by atoms with Crippen LogP contribution in [-0.4, -0.2) is 19.7 Å². The van der Waals surface area contributed by atoms with Gasteiger partial charge < -0.3 is 0 Å². The van der Waals surface area contributed by atoms with Crippen LogP contribution in [0.15, 0.2) is 0 Å². The van der Waals surface area contributed by atoms with E-state index >= 15 is 0 Å². The fourth-order valence-corrected chi connectivity index (χ4v) is 4.19. The molecule has 0 saturated heterocycles. The number of rotatable bonds is 4. The van der Waals surface area contributed by atoms with Gasteiger partial charge >= 0.3 is 0 Å². The van der Waals surface area contributed by atoms with Gasteiger partial charge in [0.15, 0.2) is 0 Å². The summed E-state index contributed by atoms with van der Waals surface area (Å²) in [4.78, 5) is 0. The van der Waals surface area contributed by atoms with E-state index in [9.17, 15) is 13.7 Å². The maximum atomic E-state index is 12.2. The van der Waals surface area contributed by atoms with Crippen LogP contribution in [0, 0.1) is 16.7 Å². The molecule has 1 aliphatic rings. The summed E-state index contributed by atoms with van der Waals surface area (Å²) in [6.07, 6.45) is 5.91. The number of hydrogen-bond donors (Lipinski definition) is 1. The number of sulfonamides is 1. The summed E-state index contributed by atoms with van der Waals surface area (Å²) < 4.78 is 27.0. The number of hydrogen-bond acceptors (Lipinski definition) is 3. The van der Waals surface area contributed by atoms with Crippen LogP contribution in [0.1, 0.15) is 65.7 Å². The van der Waals surface area contributed by atoms with Crippen molar-refractivity contribution < 1.29 is 8.42 Å². The molecule has 1 saturated carbocycles. The molecule has 19 heavy (non-hydrogen) atoms. The monoisotopic (exact) mass is 286 g/mol. The zero-order valence-electron chi connectivity index (χ0n) is 12.3. The third kappa shape index (κ3) is 5.92. The highest BCUT2D eigenvalue weighted by molar-refractivity contribution is 7.89. The lowest BCUT2D eigenvalue weighted by molar-refractivity contribution is 0.389. The summed E-state index contributed by atoms with van der Waals surface area (Å²) in [5.41, 5.74) is -0.884. The molecule has 4 nitrogen and oxygen atoms in total. The predicted octanol–water partition coefficient (Wildman–Crippen LogP) is 2.96. The van der Waals surface area contributed by atoms with Gasteiger partial charge in [-0.25, -0.2) is 8.42 Å². The largest absolute Gasteiger partial charge is 0.212 e. The highest BCUT2D eigenvalue weighted by Crippen LogP contribution is 2.28. The van der Waals surface area contributed by atoms with Gasteiger partial charge in [0.25, 0.3) is 0 Å². The summed E-state index contributed by atoms with van der Waals surface area (Å²) in [5, 5.41) is 9.38. The maximum Gasteiger partial charge on any atom is 0.212 e. The molecule has 0 radical (unpaired) electrons. The average molecular weight is 286 g/mol. The highest BCUT2D eigenvalue weighted by Gasteiger charge is 2.35. The minimum absolute atomic E-state index is 0.0159. The van der Waals surface area contributed by atoms with Crippen LogP contribution in [0.2, 0.25) is 0 Å². The Labute approximate surface area is 117 Å². The molecular formula is C14H26N2O2S. The minimum Gasteiger partial charge on any atom is -0.212 e. The lowest BCUT2D eigenvalue weighted by Gasteiger charge is -2.27. The zero-order valence-corrected chi connectivity index (χ0v) is 13.1. The van der Waals surface area contributed by atoms with E-state index in [1.807, 2.05) is 20.8 Å². The van der Waals surface area contributed by atoms with Crippen LogP contribution in [0.5, 0.6) is 0 Å². The summed E-state index contributed by atoms with van der Waals surface area (Å²) in [7, 11) is -3.37. The van der Waals surface area contributed by atoms with Crippen molar-refractivity contribution in [2.24, 2.45) is 5.41 Å². The van der Waals surface area contributed by atoms with Crippen molar-refractivity contribution in [1.82, 2.24) is 4.72 Å². The molecule has 0 aromatic heterocycles. The van der Waals surface area contributed by atoms with Crippen molar-refractivity contribution in [3.05, 3.63) is 0 Å². The van der Waals surface area contributed by atoms with E-state index in [-0.39, 0.29) is 11.2 Å². The lowest BCUT2D eigenvalue weighted by Crippen LogP contribution is -2.48. The van der Waals surface area contributed by atoms with E-state index in [0.717, 1.165) is 25.7 Å². The summed E-state index contributed by atoms with van der Waals surface area (Å²) in [6.45, 7) is 6.07. The van der Waals surface area contributed by atoms with Gasteiger partial charge in [0, 0.05) is 0 Å². The number of nitrogens with one attached hydrogen (secondary N) is 1. The smallest absolute Gasteiger partial charge is 0.212 e. The van der Waals surface area contributed by atoms with Gasteiger partial charge in [0.2, 0.25) is 10.0 Å². The fraction of sp³-hybridized carbons (Fsp3) is 0.929. The first-order chi connectivity index (χ1) is 8.68. The summed E-state index contributed by atoms with van der Waals surface area (Å²) >= 11 is 0. The molecule has 0 spiro atoms. The van der Waals surface area contributed by atoms with Crippen LogP contribution in [0.4, 0.5) is 0 Å². The van der Waals surface area contributed by atoms with Gasteiger partial charge in [0.1, 0.15) is 5.54 Å². The third-order valence-corrected chi connectivity index (χ3v) is 5.09. The molecule has 0 amide bonds. The number of nitrogens with zero attached hydrogens (tertiary/aromatic N) is 1. The molecule has 0 heterocycles. The molecule has 0 aromatic rings. The van der Waals surface area contributed by atoms with Crippen LogP contribution in [0.25, 0.3) is 0 Å². The van der Waals surface area contributed by atoms with Crippen LogP contribution >= 0.6 is 0 Å². The molecular weight excluding hydrogens is 260 g/mol. The molecule has 0 unspecified atom stereocenters. The topological polar surface area (TPSA) is 70.0 Å². The van der Waals surface area contributed by atoms with E-state index in [2.05, 4.69) is 10.8 Å². The van der Waals surface area contributed by atoms with Gasteiger partial charge in [0.05, 0.1) is 11.8 Å². The van der Waals surface area contributed by atoms with Crippen molar-refractivity contribution in [1.29, 1.82) is 5.26 Å². The minimum atomic E-state index is -3.37. The Kier molecular flexibility index (Phi) is 5.40. The van der Waals surface area contributed by atoms with E-state index in [4.69, 9.17) is 0 Å². The van der Waals surface area contributed by atoms with Crippen LogP contribution in [-0.2, 0) is 10.0 Å². The van der Waals surface area contributed by atoms with Gasteiger partial charge in [-0.05, 0) is 24.7 Å². The van der Waals surface area contributed by atoms with Crippen LogP contribution in [0.3, 0.4) is 0 Å². The fourth-order valence-electron chi connectivity index (χ4n) is 2.36. The molecule has 5 heteroatoms. The third-order valence-electron chi connectivity index (χ3n) is 3.64. The van der Waals surface area contributed by atoms with Gasteiger partial charge in [-0.1, -0.05) is 46.5 Å². The van der Waals surface area contributed by atoms with Crippen molar-refractivity contribution in [2.75, 3.05) is 5.75 Å². The zero-order chi connectivity index (χ0) is 14.6. The first-order valence-corrected chi connectivity index (χ1v) is 8.76. The Hall–Kier alpha value is -0.600. The second kappa shape index (κ2) is 6.23. The predicted molar refractivity (Wildman–Crippen MR) is 77.0 cm³/mol. The Balaban J connectivity index is 2.71. The molecule has 0 aliphatic heterocycles. The second-order valence-corrected chi connectivity index (χ2v) is 8.68. The summed E-state index contributed by atoms with van der Waals surface area (Å²) in [5.74, 6) is 0.0972. The van der Waals surface area contributed by atoms with Crippen LogP contribution < -0.4 is 4.72 Å². The standard InChI is InChI=1S/C14H26N2O2S/c1-13(2,3)10-11-19(17,18)16-14(12-15)8-6-4-5-7-9-14/h16H,4-11H2,1-3H3. The van der Waals surface area contributed by atoms with Gasteiger partial charge in [-0.3, -0.25) is 0 Å². The Bertz CT molecular complexity index is 421. The SMILES string of the molecule is CC(C)(C)CCS(=O)(=O)NC1(C#N)CCCCCC1. The van der Waals surface area contributed by atoms with Gasteiger partial charge in [-0.2, -0.15) is 9.98 Å². The van der Waals surface area contributed by atoms with Gasteiger partial charge in [-0.15, -0.1) is 0 Å². The van der Waals surface area contributed by atoms with E-state index in [0.29, 0.717) is 19.3 Å². The molecule has 1 rings (SSSR count). The molecule has 1 N–H and O–H groups in total. The first-order valence-electron chi connectivity index (χ1n) is 7.11. The average Bonchev–Trinajstić information content (AvgIpc) is 2.52. The highest BCUT2D eigenvalue weighted by atomic mass is 32.2. The Morgan fingerprint density at radius 2 is 1.68 bits per heavy atom. The number of nitriles is 1.